The molecule has 1 N–H and O–H groups in total. The molecule has 0 aromatic heterocycles. The monoisotopic (exact) mass is 423 g/mol. The summed E-state index contributed by atoms with van der Waals surface area (Å²) < 4.78 is 42.4. The van der Waals surface area contributed by atoms with Crippen molar-refractivity contribution in [1.82, 2.24) is 4.31 Å². The number of anilines is 2. The van der Waals surface area contributed by atoms with Crippen LogP contribution in [0.3, 0.4) is 0 Å². The van der Waals surface area contributed by atoms with Gasteiger partial charge < -0.3 is 19.5 Å². The highest BCUT2D eigenvalue weighted by Gasteiger charge is 2.29. The molecule has 11 heteroatoms. The van der Waals surface area contributed by atoms with Crippen molar-refractivity contribution in [2.45, 2.75) is 4.90 Å². The predicted molar refractivity (Wildman–Crippen MR) is 106 cm³/mol. The van der Waals surface area contributed by atoms with Gasteiger partial charge >= 0.3 is 0 Å². The minimum atomic E-state index is -3.84. The third kappa shape index (κ3) is 4.42. The fourth-order valence-corrected chi connectivity index (χ4v) is 4.36. The number of nitro benzene ring substituents is 1. The topological polar surface area (TPSA) is 120 Å². The van der Waals surface area contributed by atoms with E-state index in [2.05, 4.69) is 5.32 Å². The summed E-state index contributed by atoms with van der Waals surface area (Å²) in [6, 6.07) is 8.74. The van der Waals surface area contributed by atoms with Gasteiger partial charge in [0, 0.05) is 30.9 Å². The Hall–Kier alpha value is -2.89. The molecule has 2 aromatic carbocycles. The lowest BCUT2D eigenvalue weighted by Gasteiger charge is -2.26. The van der Waals surface area contributed by atoms with Crippen molar-refractivity contribution < 1.29 is 27.6 Å². The van der Waals surface area contributed by atoms with E-state index in [-0.39, 0.29) is 29.4 Å². The molecule has 10 nitrogen and oxygen atoms in total. The number of hydrogen-bond acceptors (Lipinski definition) is 8. The van der Waals surface area contributed by atoms with Gasteiger partial charge in [0.2, 0.25) is 10.0 Å². The summed E-state index contributed by atoms with van der Waals surface area (Å²) in [5, 5.41) is 14.5. The van der Waals surface area contributed by atoms with Gasteiger partial charge in [0.05, 0.1) is 37.3 Å². The number of morpholine rings is 1. The summed E-state index contributed by atoms with van der Waals surface area (Å²) in [4.78, 5) is 10.8. The molecule has 0 saturated carbocycles. The normalized spacial score (nSPS) is 15.0. The van der Waals surface area contributed by atoms with Crippen LogP contribution in [0, 0.1) is 10.1 Å². The average molecular weight is 423 g/mol. The first-order chi connectivity index (χ1) is 13.9. The molecule has 0 atom stereocenters. The van der Waals surface area contributed by atoms with Gasteiger partial charge in [-0.15, -0.1) is 0 Å². The van der Waals surface area contributed by atoms with E-state index < -0.39 is 14.9 Å². The number of ether oxygens (including phenoxy) is 3. The zero-order chi connectivity index (χ0) is 21.0. The fraction of sp³-hybridized carbons (Fsp3) is 0.333. The van der Waals surface area contributed by atoms with Crippen LogP contribution >= 0.6 is 0 Å². The SMILES string of the molecule is COc1ccc(Nc2ccc(S(=O)(=O)N3CCOCC3)cc2[N+](=O)[O-])cc1OC. The maximum Gasteiger partial charge on any atom is 0.294 e. The summed E-state index contributed by atoms with van der Waals surface area (Å²) in [7, 11) is -0.858. The second-order valence-corrected chi connectivity index (χ2v) is 8.09. The molecule has 1 aliphatic heterocycles. The van der Waals surface area contributed by atoms with E-state index >= 15 is 0 Å². The number of methoxy groups -OCH3 is 2. The first-order valence-electron chi connectivity index (χ1n) is 8.72. The third-order valence-electron chi connectivity index (χ3n) is 4.44. The van der Waals surface area contributed by atoms with Crippen molar-refractivity contribution in [2.24, 2.45) is 0 Å². The van der Waals surface area contributed by atoms with E-state index in [1.165, 1.54) is 30.7 Å². The van der Waals surface area contributed by atoms with Gasteiger partial charge in [0.15, 0.2) is 11.5 Å². The average Bonchev–Trinajstić information content (AvgIpc) is 2.74. The maximum atomic E-state index is 12.8. The Balaban J connectivity index is 1.94. The second kappa shape index (κ2) is 8.64. The summed E-state index contributed by atoms with van der Waals surface area (Å²) in [6.07, 6.45) is 0. The Morgan fingerprint density at radius 3 is 2.38 bits per heavy atom. The highest BCUT2D eigenvalue weighted by atomic mass is 32.2. The molecule has 0 amide bonds. The predicted octanol–water partition coefficient (Wildman–Crippen LogP) is 2.38. The number of benzene rings is 2. The molecule has 0 spiro atoms. The van der Waals surface area contributed by atoms with Crippen LogP contribution in [0.1, 0.15) is 0 Å². The van der Waals surface area contributed by atoms with E-state index in [0.29, 0.717) is 30.4 Å². The molecule has 2 aromatic rings. The highest BCUT2D eigenvalue weighted by molar-refractivity contribution is 7.89. The summed E-state index contributed by atoms with van der Waals surface area (Å²) >= 11 is 0. The van der Waals surface area contributed by atoms with Crippen LogP contribution in [0.15, 0.2) is 41.3 Å². The van der Waals surface area contributed by atoms with E-state index in [1.807, 2.05) is 0 Å². The highest BCUT2D eigenvalue weighted by Crippen LogP contribution is 2.35. The molecule has 29 heavy (non-hydrogen) atoms. The molecule has 1 fully saturated rings. The van der Waals surface area contributed by atoms with Crippen LogP contribution in [0.5, 0.6) is 11.5 Å². The first-order valence-corrected chi connectivity index (χ1v) is 10.2. The lowest BCUT2D eigenvalue weighted by molar-refractivity contribution is -0.384. The minimum Gasteiger partial charge on any atom is -0.493 e. The largest absolute Gasteiger partial charge is 0.493 e. The van der Waals surface area contributed by atoms with Crippen molar-refractivity contribution in [3.05, 3.63) is 46.5 Å². The molecular weight excluding hydrogens is 402 g/mol. The van der Waals surface area contributed by atoms with Crippen molar-refractivity contribution in [3.8, 4) is 11.5 Å². The van der Waals surface area contributed by atoms with Gasteiger partial charge in [-0.05, 0) is 24.3 Å². The van der Waals surface area contributed by atoms with Crippen LogP contribution < -0.4 is 14.8 Å². The smallest absolute Gasteiger partial charge is 0.294 e. The van der Waals surface area contributed by atoms with Crippen LogP contribution in [0.25, 0.3) is 0 Å². The van der Waals surface area contributed by atoms with E-state index in [9.17, 15) is 18.5 Å². The number of hydrogen-bond donors (Lipinski definition) is 1. The Bertz CT molecular complexity index is 1000. The molecule has 0 bridgehead atoms. The molecule has 0 aliphatic carbocycles. The van der Waals surface area contributed by atoms with Crippen molar-refractivity contribution in [2.75, 3.05) is 45.8 Å². The van der Waals surface area contributed by atoms with Crippen LogP contribution in [-0.4, -0.2) is 58.2 Å². The lowest BCUT2D eigenvalue weighted by atomic mass is 10.2. The number of sulfonamides is 1. The van der Waals surface area contributed by atoms with Crippen LogP contribution in [0.4, 0.5) is 17.1 Å². The number of nitro groups is 1. The number of nitrogens with zero attached hydrogens (tertiary/aromatic N) is 2. The van der Waals surface area contributed by atoms with Gasteiger partial charge in [-0.3, -0.25) is 10.1 Å². The van der Waals surface area contributed by atoms with E-state index in [4.69, 9.17) is 14.2 Å². The molecule has 1 saturated heterocycles. The third-order valence-corrected chi connectivity index (χ3v) is 6.33. The summed E-state index contributed by atoms with van der Waals surface area (Å²) in [6.45, 7) is 1.00. The zero-order valence-electron chi connectivity index (χ0n) is 16.0. The molecule has 0 unspecified atom stereocenters. The minimum absolute atomic E-state index is 0.135. The number of nitrogens with one attached hydrogen (secondary N) is 1. The van der Waals surface area contributed by atoms with Crippen LogP contribution in [-0.2, 0) is 14.8 Å². The van der Waals surface area contributed by atoms with Gasteiger partial charge in [0.25, 0.3) is 5.69 Å². The van der Waals surface area contributed by atoms with Crippen molar-refractivity contribution in [1.29, 1.82) is 0 Å². The van der Waals surface area contributed by atoms with Crippen molar-refractivity contribution in [3.63, 3.8) is 0 Å². The van der Waals surface area contributed by atoms with E-state index in [1.54, 1.807) is 18.2 Å². The Kier molecular flexibility index (Phi) is 6.20. The Labute approximate surface area is 168 Å². The Morgan fingerprint density at radius 1 is 1.07 bits per heavy atom. The summed E-state index contributed by atoms with van der Waals surface area (Å²) in [5.74, 6) is 0.964. The number of rotatable bonds is 7. The lowest BCUT2D eigenvalue weighted by Crippen LogP contribution is -2.40. The molecule has 0 radical (unpaired) electrons. The maximum absolute atomic E-state index is 12.8. The molecule has 1 heterocycles. The van der Waals surface area contributed by atoms with E-state index in [0.717, 1.165) is 6.07 Å². The second-order valence-electron chi connectivity index (χ2n) is 6.15. The van der Waals surface area contributed by atoms with Gasteiger partial charge in [0.1, 0.15) is 5.69 Å². The summed E-state index contributed by atoms with van der Waals surface area (Å²) in [5.41, 5.74) is 0.326. The zero-order valence-corrected chi connectivity index (χ0v) is 16.8. The standard InChI is InChI=1S/C18H21N3O7S/c1-26-17-6-3-13(11-18(17)27-2)19-15-5-4-14(12-16(15)21(22)23)29(24,25)20-7-9-28-10-8-20/h3-6,11-12,19H,7-10H2,1-2H3. The van der Waals surface area contributed by atoms with Gasteiger partial charge in [-0.1, -0.05) is 0 Å². The van der Waals surface area contributed by atoms with Crippen LogP contribution in [0.2, 0.25) is 0 Å². The molecule has 156 valence electrons. The fourth-order valence-electron chi connectivity index (χ4n) is 2.93. The molecule has 3 rings (SSSR count). The molecular formula is C18H21N3O7S. The first kappa shape index (κ1) is 20.8. The molecule has 1 aliphatic rings. The van der Waals surface area contributed by atoms with Gasteiger partial charge in [-0.25, -0.2) is 8.42 Å². The van der Waals surface area contributed by atoms with Crippen molar-refractivity contribution >= 4 is 27.1 Å². The van der Waals surface area contributed by atoms with Gasteiger partial charge in [-0.2, -0.15) is 4.31 Å². The Morgan fingerprint density at radius 2 is 1.76 bits per heavy atom. The quantitative estimate of drug-likeness (QED) is 0.532.